The van der Waals surface area contributed by atoms with Crippen molar-refractivity contribution >= 4 is 24.2 Å². The van der Waals surface area contributed by atoms with Crippen LogP contribution in [0.3, 0.4) is 0 Å². The van der Waals surface area contributed by atoms with Crippen molar-refractivity contribution < 1.29 is 4.79 Å². The number of rotatable bonds is 1. The van der Waals surface area contributed by atoms with E-state index in [-0.39, 0.29) is 5.91 Å². The minimum atomic E-state index is -0.0509. The zero-order chi connectivity index (χ0) is 9.14. The molecule has 1 aromatic rings. The number of carbonyl (C=O) groups is 1. The van der Waals surface area contributed by atoms with Gasteiger partial charge in [0.2, 0.25) is 5.91 Å². The van der Waals surface area contributed by atoms with Crippen LogP contribution in [0.25, 0.3) is 0 Å². The highest BCUT2D eigenvalue weighted by atomic mass is 32.1. The van der Waals surface area contributed by atoms with Crippen molar-refractivity contribution in [2.75, 3.05) is 5.32 Å². The van der Waals surface area contributed by atoms with E-state index in [1.807, 2.05) is 25.1 Å². The average Bonchev–Trinajstić information content (AvgIpc) is 1.94. The van der Waals surface area contributed by atoms with Gasteiger partial charge in [0.25, 0.3) is 0 Å². The summed E-state index contributed by atoms with van der Waals surface area (Å²) in [5.74, 6) is -0.0509. The van der Waals surface area contributed by atoms with Gasteiger partial charge >= 0.3 is 0 Å². The molecule has 0 atom stereocenters. The van der Waals surface area contributed by atoms with Gasteiger partial charge in [0.05, 0.1) is 0 Å². The number of aryl methyl sites for hydroxylation is 1. The van der Waals surface area contributed by atoms with Crippen LogP contribution >= 0.6 is 12.6 Å². The Morgan fingerprint density at radius 3 is 2.67 bits per heavy atom. The van der Waals surface area contributed by atoms with E-state index in [1.54, 1.807) is 0 Å². The standard InChI is InChI=1S/C9H11NOS/c1-6-5-8(12)3-4-9(6)10-7(2)11/h3-5,12H,1-2H3,(H,10,11). The van der Waals surface area contributed by atoms with Gasteiger partial charge in [-0.2, -0.15) is 0 Å². The van der Waals surface area contributed by atoms with Crippen LogP contribution in [0, 0.1) is 6.92 Å². The van der Waals surface area contributed by atoms with Gasteiger partial charge in [-0.05, 0) is 30.7 Å². The first-order valence-electron chi connectivity index (χ1n) is 3.67. The van der Waals surface area contributed by atoms with Crippen molar-refractivity contribution in [3.63, 3.8) is 0 Å². The van der Waals surface area contributed by atoms with Crippen LogP contribution in [0.2, 0.25) is 0 Å². The normalized spacial score (nSPS) is 9.58. The number of carbonyl (C=O) groups excluding carboxylic acids is 1. The van der Waals surface area contributed by atoms with Crippen LogP contribution < -0.4 is 5.32 Å². The molecule has 3 heteroatoms. The molecule has 1 aromatic carbocycles. The monoisotopic (exact) mass is 181 g/mol. The number of benzene rings is 1. The van der Waals surface area contributed by atoms with Crippen LogP contribution in [0.15, 0.2) is 23.1 Å². The van der Waals surface area contributed by atoms with E-state index in [0.29, 0.717) is 0 Å². The Kier molecular flexibility index (Phi) is 2.76. The molecular formula is C9H11NOS. The molecule has 0 aliphatic heterocycles. The molecule has 0 fully saturated rings. The third kappa shape index (κ3) is 2.27. The zero-order valence-electron chi connectivity index (χ0n) is 7.09. The Morgan fingerprint density at radius 1 is 1.50 bits per heavy atom. The highest BCUT2D eigenvalue weighted by molar-refractivity contribution is 7.80. The topological polar surface area (TPSA) is 29.1 Å². The van der Waals surface area contributed by atoms with Gasteiger partial charge in [0.15, 0.2) is 0 Å². The second kappa shape index (κ2) is 3.63. The number of nitrogens with one attached hydrogen (secondary N) is 1. The summed E-state index contributed by atoms with van der Waals surface area (Å²) in [6.07, 6.45) is 0. The summed E-state index contributed by atoms with van der Waals surface area (Å²) >= 11 is 4.18. The highest BCUT2D eigenvalue weighted by Crippen LogP contribution is 2.18. The molecule has 0 radical (unpaired) electrons. The molecule has 0 aromatic heterocycles. The van der Waals surface area contributed by atoms with Crippen molar-refractivity contribution in [3.05, 3.63) is 23.8 Å². The molecule has 2 nitrogen and oxygen atoms in total. The fourth-order valence-electron chi connectivity index (χ4n) is 0.978. The van der Waals surface area contributed by atoms with Crippen LogP contribution in [-0.2, 0) is 4.79 Å². The summed E-state index contributed by atoms with van der Waals surface area (Å²) in [5.41, 5.74) is 1.87. The molecule has 0 aliphatic rings. The second-order valence-corrected chi connectivity index (χ2v) is 3.20. The van der Waals surface area contributed by atoms with E-state index >= 15 is 0 Å². The van der Waals surface area contributed by atoms with E-state index in [4.69, 9.17) is 0 Å². The average molecular weight is 181 g/mol. The predicted molar refractivity (Wildman–Crippen MR) is 52.7 cm³/mol. The smallest absolute Gasteiger partial charge is 0.221 e. The first kappa shape index (κ1) is 9.13. The summed E-state index contributed by atoms with van der Waals surface area (Å²) in [5, 5.41) is 2.73. The SMILES string of the molecule is CC(=O)Nc1ccc(S)cc1C. The second-order valence-electron chi connectivity index (χ2n) is 2.68. The maximum atomic E-state index is 10.7. The molecule has 0 spiro atoms. The van der Waals surface area contributed by atoms with Crippen LogP contribution in [-0.4, -0.2) is 5.91 Å². The lowest BCUT2D eigenvalue weighted by Gasteiger charge is -2.05. The molecule has 1 N–H and O–H groups in total. The first-order chi connectivity index (χ1) is 5.59. The van der Waals surface area contributed by atoms with Gasteiger partial charge in [-0.25, -0.2) is 0 Å². The van der Waals surface area contributed by atoms with Gasteiger partial charge in [-0.3, -0.25) is 4.79 Å². The summed E-state index contributed by atoms with van der Waals surface area (Å²) in [7, 11) is 0. The summed E-state index contributed by atoms with van der Waals surface area (Å²) in [4.78, 5) is 11.6. The molecule has 0 saturated heterocycles. The Bertz CT molecular complexity index is 309. The lowest BCUT2D eigenvalue weighted by atomic mass is 10.2. The molecule has 0 bridgehead atoms. The molecule has 0 aliphatic carbocycles. The number of amides is 1. The van der Waals surface area contributed by atoms with Crippen molar-refractivity contribution in [2.45, 2.75) is 18.7 Å². The summed E-state index contributed by atoms with van der Waals surface area (Å²) in [6, 6.07) is 5.61. The molecule has 0 heterocycles. The number of hydrogen-bond donors (Lipinski definition) is 2. The van der Waals surface area contributed by atoms with E-state index in [0.717, 1.165) is 16.1 Å². The molecular weight excluding hydrogens is 170 g/mol. The Hall–Kier alpha value is -0.960. The van der Waals surface area contributed by atoms with Gasteiger partial charge < -0.3 is 5.32 Å². The largest absolute Gasteiger partial charge is 0.326 e. The molecule has 1 rings (SSSR count). The predicted octanol–water partition coefficient (Wildman–Crippen LogP) is 2.24. The number of anilines is 1. The maximum Gasteiger partial charge on any atom is 0.221 e. The lowest BCUT2D eigenvalue weighted by molar-refractivity contribution is -0.114. The molecule has 64 valence electrons. The zero-order valence-corrected chi connectivity index (χ0v) is 7.98. The first-order valence-corrected chi connectivity index (χ1v) is 4.11. The van der Waals surface area contributed by atoms with Crippen LogP contribution in [0.5, 0.6) is 0 Å². The fraction of sp³-hybridized carbons (Fsp3) is 0.222. The summed E-state index contributed by atoms with van der Waals surface area (Å²) in [6.45, 7) is 3.43. The Labute approximate surface area is 77.4 Å². The minimum absolute atomic E-state index is 0.0509. The van der Waals surface area contributed by atoms with Gasteiger partial charge in [0, 0.05) is 17.5 Å². The third-order valence-corrected chi connectivity index (χ3v) is 1.80. The van der Waals surface area contributed by atoms with Crippen molar-refractivity contribution in [1.82, 2.24) is 0 Å². The third-order valence-electron chi connectivity index (χ3n) is 1.52. The van der Waals surface area contributed by atoms with Crippen molar-refractivity contribution in [3.8, 4) is 0 Å². The molecule has 12 heavy (non-hydrogen) atoms. The quantitative estimate of drug-likeness (QED) is 0.639. The lowest BCUT2D eigenvalue weighted by Crippen LogP contribution is -2.06. The number of thiol groups is 1. The van der Waals surface area contributed by atoms with Crippen LogP contribution in [0.1, 0.15) is 12.5 Å². The summed E-state index contributed by atoms with van der Waals surface area (Å²) < 4.78 is 0. The van der Waals surface area contributed by atoms with E-state index in [2.05, 4.69) is 17.9 Å². The Morgan fingerprint density at radius 2 is 2.17 bits per heavy atom. The molecule has 0 saturated carbocycles. The fourth-order valence-corrected chi connectivity index (χ4v) is 1.25. The molecule has 0 unspecified atom stereocenters. The highest BCUT2D eigenvalue weighted by Gasteiger charge is 1.98. The van der Waals surface area contributed by atoms with Crippen molar-refractivity contribution in [2.24, 2.45) is 0 Å². The number of hydrogen-bond acceptors (Lipinski definition) is 2. The minimum Gasteiger partial charge on any atom is -0.326 e. The molecule has 1 amide bonds. The van der Waals surface area contributed by atoms with Gasteiger partial charge in [-0.1, -0.05) is 0 Å². The van der Waals surface area contributed by atoms with Gasteiger partial charge in [-0.15, -0.1) is 12.6 Å². The van der Waals surface area contributed by atoms with E-state index in [9.17, 15) is 4.79 Å². The van der Waals surface area contributed by atoms with E-state index in [1.165, 1.54) is 6.92 Å². The maximum absolute atomic E-state index is 10.7. The van der Waals surface area contributed by atoms with Crippen molar-refractivity contribution in [1.29, 1.82) is 0 Å². The van der Waals surface area contributed by atoms with Crippen LogP contribution in [0.4, 0.5) is 5.69 Å². The Balaban J connectivity index is 2.93. The van der Waals surface area contributed by atoms with Gasteiger partial charge in [0.1, 0.15) is 0 Å². The van der Waals surface area contributed by atoms with E-state index < -0.39 is 0 Å².